The van der Waals surface area contributed by atoms with Crippen molar-refractivity contribution in [3.8, 4) is 17.1 Å². The fourth-order valence-electron chi connectivity index (χ4n) is 3.72. The van der Waals surface area contributed by atoms with Crippen LogP contribution in [-0.2, 0) is 11.3 Å². The second-order valence-corrected chi connectivity index (χ2v) is 9.40. The molecule has 1 aromatic heterocycles. The van der Waals surface area contributed by atoms with Gasteiger partial charge in [0.2, 0.25) is 11.1 Å². The lowest BCUT2D eigenvalue weighted by molar-refractivity contribution is -0.132. The molecule has 9 heteroatoms. The van der Waals surface area contributed by atoms with E-state index in [1.807, 2.05) is 17.9 Å². The van der Waals surface area contributed by atoms with E-state index in [2.05, 4.69) is 44.3 Å². The highest BCUT2D eigenvalue weighted by Gasteiger charge is 2.26. The van der Waals surface area contributed by atoms with Crippen LogP contribution in [0, 0.1) is 0 Å². The number of aromatic nitrogens is 3. The molecule has 0 unspecified atom stereocenters. The highest BCUT2D eigenvalue weighted by atomic mass is 35.5. The number of carbonyl (C=O) groups excluding carboxylic acids is 1. The smallest absolute Gasteiger partial charge is 0.235 e. The Bertz CT molecular complexity index is 1050. The van der Waals surface area contributed by atoms with Gasteiger partial charge in [-0.25, -0.2) is 4.98 Å². The zero-order valence-corrected chi connectivity index (χ0v) is 19.7. The van der Waals surface area contributed by atoms with Crippen molar-refractivity contribution in [3.63, 3.8) is 0 Å². The first-order chi connectivity index (χ1) is 15.5. The van der Waals surface area contributed by atoms with Crippen LogP contribution in [0.4, 0.5) is 0 Å². The molecule has 168 valence electrons. The number of H-pyrrole nitrogens is 1. The third-order valence-electron chi connectivity index (χ3n) is 5.44. The fraction of sp³-hybridized carbons (Fsp3) is 0.348. The van der Waals surface area contributed by atoms with Crippen LogP contribution in [0.3, 0.4) is 0 Å². The van der Waals surface area contributed by atoms with Crippen LogP contribution in [0.15, 0.2) is 53.7 Å². The highest BCUT2D eigenvalue weighted by molar-refractivity contribution is 8.00. The minimum absolute atomic E-state index is 0.112. The van der Waals surface area contributed by atoms with Gasteiger partial charge in [0.1, 0.15) is 5.75 Å². The minimum atomic E-state index is -0.277. The van der Waals surface area contributed by atoms with Crippen molar-refractivity contribution in [1.29, 1.82) is 0 Å². The summed E-state index contributed by atoms with van der Waals surface area (Å²) in [5.74, 6) is 1.32. The summed E-state index contributed by atoms with van der Waals surface area (Å²) in [6, 6.07) is 15.8. The Kier molecular flexibility index (Phi) is 7.34. The van der Waals surface area contributed by atoms with Gasteiger partial charge in [0.25, 0.3) is 0 Å². The maximum Gasteiger partial charge on any atom is 0.235 e. The third-order valence-corrected chi connectivity index (χ3v) is 6.63. The summed E-state index contributed by atoms with van der Waals surface area (Å²) in [5.41, 5.74) is 2.03. The molecule has 2 aromatic carbocycles. The summed E-state index contributed by atoms with van der Waals surface area (Å²) < 4.78 is 5.39. The van der Waals surface area contributed by atoms with Crippen LogP contribution in [0.2, 0.25) is 5.02 Å². The first-order valence-corrected chi connectivity index (χ1v) is 11.8. The predicted molar refractivity (Wildman–Crippen MR) is 127 cm³/mol. The lowest BCUT2D eigenvalue weighted by atomic mass is 10.2. The van der Waals surface area contributed by atoms with Crippen LogP contribution in [-0.4, -0.2) is 69.4 Å². The number of carbonyl (C=O) groups is 1. The molecule has 0 bridgehead atoms. The van der Waals surface area contributed by atoms with Gasteiger partial charge in [0.05, 0.1) is 17.9 Å². The summed E-state index contributed by atoms with van der Waals surface area (Å²) in [7, 11) is 1.60. The summed E-state index contributed by atoms with van der Waals surface area (Å²) in [5, 5.41) is 8.02. The van der Waals surface area contributed by atoms with E-state index in [9.17, 15) is 4.79 Å². The molecule has 7 nitrogen and oxygen atoms in total. The molecule has 0 spiro atoms. The second-order valence-electron chi connectivity index (χ2n) is 7.66. The first-order valence-electron chi connectivity index (χ1n) is 10.5. The molecule has 3 aromatic rings. The number of methoxy groups -OCH3 is 1. The number of halogens is 1. The van der Waals surface area contributed by atoms with Gasteiger partial charge in [-0.1, -0.05) is 53.7 Å². The predicted octanol–water partition coefficient (Wildman–Crippen LogP) is 3.96. The summed E-state index contributed by atoms with van der Waals surface area (Å²) in [6.45, 7) is 6.03. The zero-order valence-electron chi connectivity index (χ0n) is 18.1. The number of ether oxygens (including phenoxy) is 1. The zero-order chi connectivity index (χ0) is 22.5. The molecule has 1 aliphatic rings. The van der Waals surface area contributed by atoms with E-state index in [-0.39, 0.29) is 11.2 Å². The SMILES string of the molecule is COc1ccc(Cl)cc1-c1nc(S[C@H](C)C(=O)N2CCN(Cc3ccccc3)CC2)n[nH]1. The Morgan fingerprint density at radius 2 is 1.94 bits per heavy atom. The molecule has 0 aliphatic carbocycles. The monoisotopic (exact) mass is 471 g/mol. The standard InChI is InChI=1S/C23H26ClN5O2S/c1-16(22(30)29-12-10-28(11-13-29)15-17-6-4-3-5-7-17)32-23-25-21(26-27-23)19-14-18(24)8-9-20(19)31-2/h3-9,14,16H,10-13,15H2,1-2H3,(H,25,26,27)/t16-/m1/s1. The third kappa shape index (κ3) is 5.43. The molecule has 1 N–H and O–H groups in total. The molecule has 2 heterocycles. The number of nitrogens with one attached hydrogen (secondary N) is 1. The highest BCUT2D eigenvalue weighted by Crippen LogP contribution is 2.32. The van der Waals surface area contributed by atoms with Crippen LogP contribution < -0.4 is 4.74 Å². The summed E-state index contributed by atoms with van der Waals surface area (Å²) >= 11 is 7.47. The molecule has 32 heavy (non-hydrogen) atoms. The quantitative estimate of drug-likeness (QED) is 0.526. The van der Waals surface area contributed by atoms with Crippen molar-refractivity contribution in [2.75, 3.05) is 33.3 Å². The molecule has 1 fully saturated rings. The largest absolute Gasteiger partial charge is 0.496 e. The number of piperazine rings is 1. The lowest BCUT2D eigenvalue weighted by Crippen LogP contribution is -2.50. The molecule has 1 saturated heterocycles. The Morgan fingerprint density at radius 1 is 1.19 bits per heavy atom. The molecular weight excluding hydrogens is 446 g/mol. The van der Waals surface area contributed by atoms with Gasteiger partial charge in [0.15, 0.2) is 5.82 Å². The lowest BCUT2D eigenvalue weighted by Gasteiger charge is -2.35. The maximum atomic E-state index is 13.0. The van der Waals surface area contributed by atoms with Crippen molar-refractivity contribution in [3.05, 3.63) is 59.1 Å². The summed E-state index contributed by atoms with van der Waals surface area (Å²) in [6.07, 6.45) is 0. The Hall–Kier alpha value is -2.55. The number of rotatable bonds is 7. The van der Waals surface area contributed by atoms with E-state index in [0.29, 0.717) is 21.8 Å². The minimum Gasteiger partial charge on any atom is -0.496 e. The number of amides is 1. The molecule has 0 radical (unpaired) electrons. The molecule has 1 aliphatic heterocycles. The number of nitrogens with zero attached hydrogens (tertiary/aromatic N) is 4. The van der Waals surface area contributed by atoms with Gasteiger partial charge in [-0.3, -0.25) is 14.8 Å². The van der Waals surface area contributed by atoms with Crippen molar-refractivity contribution in [2.24, 2.45) is 0 Å². The van der Waals surface area contributed by atoms with E-state index in [0.717, 1.165) is 38.3 Å². The van der Waals surface area contributed by atoms with Crippen LogP contribution in [0.1, 0.15) is 12.5 Å². The van der Waals surface area contributed by atoms with E-state index in [4.69, 9.17) is 16.3 Å². The number of benzene rings is 2. The number of aromatic amines is 1. The van der Waals surface area contributed by atoms with Gasteiger partial charge < -0.3 is 9.64 Å². The molecule has 1 amide bonds. The summed E-state index contributed by atoms with van der Waals surface area (Å²) in [4.78, 5) is 21.8. The van der Waals surface area contributed by atoms with Crippen LogP contribution in [0.25, 0.3) is 11.4 Å². The van der Waals surface area contributed by atoms with E-state index >= 15 is 0 Å². The topological polar surface area (TPSA) is 74.3 Å². The van der Waals surface area contributed by atoms with Crippen LogP contribution in [0.5, 0.6) is 5.75 Å². The average Bonchev–Trinajstić information content (AvgIpc) is 3.28. The Morgan fingerprint density at radius 3 is 2.66 bits per heavy atom. The average molecular weight is 472 g/mol. The molecular formula is C23H26ClN5O2S. The number of hydrogen-bond acceptors (Lipinski definition) is 6. The maximum absolute atomic E-state index is 13.0. The number of hydrogen-bond donors (Lipinski definition) is 1. The molecule has 0 saturated carbocycles. The van der Waals surface area contributed by atoms with Crippen molar-refractivity contribution < 1.29 is 9.53 Å². The fourth-order valence-corrected chi connectivity index (χ4v) is 4.70. The van der Waals surface area contributed by atoms with Gasteiger partial charge >= 0.3 is 0 Å². The normalized spacial score (nSPS) is 15.5. The van der Waals surface area contributed by atoms with Crippen LogP contribution >= 0.6 is 23.4 Å². The Labute approximate surface area is 197 Å². The van der Waals surface area contributed by atoms with Gasteiger partial charge in [-0.15, -0.1) is 5.10 Å². The van der Waals surface area contributed by atoms with E-state index < -0.39 is 0 Å². The molecule has 4 rings (SSSR count). The van der Waals surface area contributed by atoms with Crippen molar-refractivity contribution >= 4 is 29.3 Å². The van der Waals surface area contributed by atoms with Crippen molar-refractivity contribution in [1.82, 2.24) is 25.0 Å². The van der Waals surface area contributed by atoms with Gasteiger partial charge in [-0.05, 0) is 30.7 Å². The second kappa shape index (κ2) is 10.4. The Balaban J connectivity index is 1.32. The van der Waals surface area contributed by atoms with Gasteiger partial charge in [-0.2, -0.15) is 0 Å². The van der Waals surface area contributed by atoms with E-state index in [1.165, 1.54) is 17.3 Å². The molecule has 1 atom stereocenters. The first kappa shape index (κ1) is 22.6. The van der Waals surface area contributed by atoms with E-state index in [1.54, 1.807) is 25.3 Å². The van der Waals surface area contributed by atoms with Gasteiger partial charge in [0, 0.05) is 37.7 Å². The number of thioether (sulfide) groups is 1. The van der Waals surface area contributed by atoms with Crippen molar-refractivity contribution in [2.45, 2.75) is 23.9 Å².